The molecule has 6 nitrogen and oxygen atoms in total. The minimum absolute atomic E-state index is 0. The number of benzene rings is 1. The Morgan fingerprint density at radius 3 is 2.74 bits per heavy atom. The molecule has 0 bridgehead atoms. The van der Waals surface area contributed by atoms with E-state index in [-0.39, 0.29) is 36.7 Å². The number of carbonyl (C=O) groups is 1. The number of nitro benzene ring substituents is 1. The van der Waals surface area contributed by atoms with Gasteiger partial charge < -0.3 is 10.5 Å². The summed E-state index contributed by atoms with van der Waals surface area (Å²) in [4.78, 5) is 21.6. The van der Waals surface area contributed by atoms with E-state index in [1.54, 1.807) is 6.92 Å². The SMILES string of the molecule is CCOC(=O)C[C@H](N)c1cc(Cl)ccc1[N+](=O)[O-].Cl. The van der Waals surface area contributed by atoms with Gasteiger partial charge in [0, 0.05) is 22.7 Å². The van der Waals surface area contributed by atoms with Gasteiger partial charge in [-0.05, 0) is 19.1 Å². The number of rotatable bonds is 5. The van der Waals surface area contributed by atoms with Crippen molar-refractivity contribution in [3.05, 3.63) is 38.9 Å². The fraction of sp³-hybridized carbons (Fsp3) is 0.364. The molecule has 1 rings (SSSR count). The van der Waals surface area contributed by atoms with Crippen LogP contribution in [0.1, 0.15) is 24.9 Å². The van der Waals surface area contributed by atoms with Crippen molar-refractivity contribution in [3.63, 3.8) is 0 Å². The summed E-state index contributed by atoms with van der Waals surface area (Å²) >= 11 is 5.77. The van der Waals surface area contributed by atoms with E-state index in [1.807, 2.05) is 0 Å². The summed E-state index contributed by atoms with van der Waals surface area (Å²) < 4.78 is 4.74. The van der Waals surface area contributed by atoms with Crippen molar-refractivity contribution in [3.8, 4) is 0 Å². The number of esters is 1. The molecule has 106 valence electrons. The van der Waals surface area contributed by atoms with Gasteiger partial charge in [0.25, 0.3) is 5.69 Å². The lowest BCUT2D eigenvalue weighted by molar-refractivity contribution is -0.385. The van der Waals surface area contributed by atoms with Crippen LogP contribution in [-0.4, -0.2) is 17.5 Å². The van der Waals surface area contributed by atoms with E-state index in [0.29, 0.717) is 5.02 Å². The molecule has 0 heterocycles. The Bertz CT molecular complexity index is 468. The van der Waals surface area contributed by atoms with E-state index in [1.165, 1.54) is 18.2 Å². The van der Waals surface area contributed by atoms with Gasteiger partial charge in [-0.15, -0.1) is 12.4 Å². The second-order valence-corrected chi connectivity index (χ2v) is 4.01. The molecule has 0 aromatic heterocycles. The number of carbonyl (C=O) groups excluding carboxylic acids is 1. The number of nitrogens with two attached hydrogens (primary N) is 1. The molecule has 0 saturated carbocycles. The lowest BCUT2D eigenvalue weighted by atomic mass is 10.0. The third-order valence-corrected chi connectivity index (χ3v) is 2.51. The van der Waals surface area contributed by atoms with Gasteiger partial charge in [-0.2, -0.15) is 0 Å². The lowest BCUT2D eigenvalue weighted by Crippen LogP contribution is -2.18. The molecule has 0 spiro atoms. The van der Waals surface area contributed by atoms with Crippen molar-refractivity contribution in [1.82, 2.24) is 0 Å². The van der Waals surface area contributed by atoms with E-state index in [9.17, 15) is 14.9 Å². The summed E-state index contributed by atoms with van der Waals surface area (Å²) in [6.45, 7) is 1.91. The van der Waals surface area contributed by atoms with Crippen LogP contribution in [0.4, 0.5) is 5.69 Å². The standard InChI is InChI=1S/C11H13ClN2O4.ClH/c1-2-18-11(15)6-9(13)8-5-7(12)3-4-10(8)14(16)17;/h3-5,9H,2,6,13H2,1H3;1H/t9-;/m0./s1. The molecule has 0 fully saturated rings. The van der Waals surface area contributed by atoms with Crippen LogP contribution in [0.3, 0.4) is 0 Å². The van der Waals surface area contributed by atoms with Crippen molar-refractivity contribution in [2.45, 2.75) is 19.4 Å². The van der Waals surface area contributed by atoms with Crippen LogP contribution in [0.25, 0.3) is 0 Å². The Labute approximate surface area is 121 Å². The molecular formula is C11H14Cl2N2O4. The summed E-state index contributed by atoms with van der Waals surface area (Å²) in [5, 5.41) is 11.2. The number of nitrogens with zero attached hydrogens (tertiary/aromatic N) is 1. The minimum atomic E-state index is -0.817. The quantitative estimate of drug-likeness (QED) is 0.512. The van der Waals surface area contributed by atoms with Crippen molar-refractivity contribution in [2.75, 3.05) is 6.61 Å². The van der Waals surface area contributed by atoms with E-state index < -0.39 is 16.9 Å². The number of hydrogen-bond acceptors (Lipinski definition) is 5. The molecule has 1 atom stereocenters. The maximum atomic E-state index is 11.3. The Morgan fingerprint density at radius 2 is 2.21 bits per heavy atom. The largest absolute Gasteiger partial charge is 0.466 e. The topological polar surface area (TPSA) is 95.5 Å². The molecule has 0 aliphatic rings. The van der Waals surface area contributed by atoms with Gasteiger partial charge >= 0.3 is 5.97 Å². The lowest BCUT2D eigenvalue weighted by Gasteiger charge is -2.11. The molecule has 2 N–H and O–H groups in total. The first-order valence-corrected chi connectivity index (χ1v) is 5.68. The van der Waals surface area contributed by atoms with Crippen LogP contribution in [0.15, 0.2) is 18.2 Å². The van der Waals surface area contributed by atoms with Crippen LogP contribution in [0.5, 0.6) is 0 Å². The molecule has 1 aromatic carbocycles. The summed E-state index contributed by atoms with van der Waals surface area (Å²) in [5.41, 5.74) is 5.84. The second kappa shape index (κ2) is 7.93. The predicted molar refractivity (Wildman–Crippen MR) is 73.5 cm³/mol. The highest BCUT2D eigenvalue weighted by atomic mass is 35.5. The highest BCUT2D eigenvalue weighted by Gasteiger charge is 2.22. The average Bonchev–Trinajstić information content (AvgIpc) is 2.28. The third-order valence-electron chi connectivity index (χ3n) is 2.28. The van der Waals surface area contributed by atoms with Crippen LogP contribution in [0, 0.1) is 10.1 Å². The second-order valence-electron chi connectivity index (χ2n) is 3.58. The van der Waals surface area contributed by atoms with Crippen molar-refractivity contribution in [2.24, 2.45) is 5.73 Å². The maximum Gasteiger partial charge on any atom is 0.307 e. The van der Waals surface area contributed by atoms with Gasteiger partial charge in [0.1, 0.15) is 0 Å². The fourth-order valence-corrected chi connectivity index (χ4v) is 1.68. The molecule has 0 aliphatic carbocycles. The maximum absolute atomic E-state index is 11.3. The van der Waals surface area contributed by atoms with Gasteiger partial charge in [-0.3, -0.25) is 14.9 Å². The predicted octanol–water partition coefficient (Wildman–Crippen LogP) is 2.62. The minimum Gasteiger partial charge on any atom is -0.466 e. The summed E-state index contributed by atoms with van der Waals surface area (Å²) in [6, 6.07) is 3.25. The number of hydrogen-bond donors (Lipinski definition) is 1. The zero-order valence-corrected chi connectivity index (χ0v) is 11.7. The zero-order valence-electron chi connectivity index (χ0n) is 10.2. The number of halogens is 2. The van der Waals surface area contributed by atoms with Crippen molar-refractivity contribution < 1.29 is 14.5 Å². The Morgan fingerprint density at radius 1 is 1.58 bits per heavy atom. The van der Waals surface area contributed by atoms with E-state index in [4.69, 9.17) is 22.1 Å². The van der Waals surface area contributed by atoms with Gasteiger partial charge in [0.2, 0.25) is 0 Å². The highest BCUT2D eigenvalue weighted by molar-refractivity contribution is 6.30. The van der Waals surface area contributed by atoms with E-state index >= 15 is 0 Å². The van der Waals surface area contributed by atoms with Crippen LogP contribution in [0.2, 0.25) is 5.02 Å². The normalized spacial score (nSPS) is 11.3. The van der Waals surface area contributed by atoms with Crippen LogP contribution < -0.4 is 5.73 Å². The number of nitro groups is 1. The van der Waals surface area contributed by atoms with Crippen molar-refractivity contribution in [1.29, 1.82) is 0 Å². The van der Waals surface area contributed by atoms with Crippen LogP contribution >= 0.6 is 24.0 Å². The molecule has 0 saturated heterocycles. The highest BCUT2D eigenvalue weighted by Crippen LogP contribution is 2.28. The number of ether oxygens (including phenoxy) is 1. The van der Waals surface area contributed by atoms with Gasteiger partial charge in [0.15, 0.2) is 0 Å². The van der Waals surface area contributed by atoms with Gasteiger partial charge in [-0.1, -0.05) is 11.6 Å². The molecule has 0 unspecified atom stereocenters. The fourth-order valence-electron chi connectivity index (χ4n) is 1.50. The van der Waals surface area contributed by atoms with E-state index in [2.05, 4.69) is 0 Å². The van der Waals surface area contributed by atoms with Gasteiger partial charge in [-0.25, -0.2) is 0 Å². The molecule has 1 aromatic rings. The molecule has 0 radical (unpaired) electrons. The first-order chi connectivity index (χ1) is 8.45. The first kappa shape index (κ1) is 17.6. The van der Waals surface area contributed by atoms with Crippen molar-refractivity contribution >= 4 is 35.7 Å². The molecule has 8 heteroatoms. The Hall–Kier alpha value is -1.37. The summed E-state index contributed by atoms with van der Waals surface area (Å²) in [7, 11) is 0. The Balaban J connectivity index is 0.00000324. The van der Waals surface area contributed by atoms with Gasteiger partial charge in [0.05, 0.1) is 18.0 Å². The molecule has 0 amide bonds. The summed E-state index contributed by atoms with van der Waals surface area (Å²) in [6.07, 6.45) is -0.130. The smallest absolute Gasteiger partial charge is 0.307 e. The summed E-state index contributed by atoms with van der Waals surface area (Å²) in [5.74, 6) is -0.501. The zero-order chi connectivity index (χ0) is 13.7. The molecular weight excluding hydrogens is 295 g/mol. The monoisotopic (exact) mass is 308 g/mol. The van der Waals surface area contributed by atoms with E-state index in [0.717, 1.165) is 0 Å². The molecule has 19 heavy (non-hydrogen) atoms. The molecule has 0 aliphatic heterocycles. The van der Waals surface area contributed by atoms with Crippen LogP contribution in [-0.2, 0) is 9.53 Å². The Kier molecular flexibility index (Phi) is 7.36. The average molecular weight is 309 g/mol. The third kappa shape index (κ3) is 5.02. The first-order valence-electron chi connectivity index (χ1n) is 5.30.